The van der Waals surface area contributed by atoms with Gasteiger partial charge in [-0.15, -0.1) is 0 Å². The number of aryl methyl sites for hydroxylation is 1. The Hall–Kier alpha value is -2.88. The molecular weight excluding hydrogens is 489 g/mol. The Morgan fingerprint density at radius 3 is 2.11 bits per heavy atom. The molecule has 0 saturated heterocycles. The van der Waals surface area contributed by atoms with E-state index < -0.39 is 46.5 Å². The van der Waals surface area contributed by atoms with E-state index >= 15 is 0 Å². The van der Waals surface area contributed by atoms with Gasteiger partial charge < -0.3 is 10.6 Å². The number of amides is 1. The van der Waals surface area contributed by atoms with Crippen molar-refractivity contribution in [2.45, 2.75) is 50.4 Å². The molecule has 3 rings (SSSR count). The van der Waals surface area contributed by atoms with Crippen LogP contribution in [0.25, 0.3) is 0 Å². The van der Waals surface area contributed by atoms with E-state index in [1.165, 1.54) is 32.2 Å². The normalized spacial score (nSPS) is 17.2. The summed E-state index contributed by atoms with van der Waals surface area (Å²) in [6.07, 6.45) is -8.06. The van der Waals surface area contributed by atoms with Crippen molar-refractivity contribution in [3.63, 3.8) is 0 Å². The summed E-state index contributed by atoms with van der Waals surface area (Å²) >= 11 is 0. The first-order valence-corrected chi connectivity index (χ1v) is 11.4. The Morgan fingerprint density at radius 2 is 1.64 bits per heavy atom. The van der Waals surface area contributed by atoms with E-state index in [0.29, 0.717) is 48.3 Å². The van der Waals surface area contributed by atoms with E-state index in [9.17, 15) is 35.5 Å². The summed E-state index contributed by atoms with van der Waals surface area (Å²) in [5.74, 6) is -2.00. The molecule has 2 N–H and O–H groups in total. The Morgan fingerprint density at radius 1 is 1.03 bits per heavy atom. The first kappa shape index (κ1) is 27.7. The lowest BCUT2D eigenvalue weighted by atomic mass is 9.59. The van der Waals surface area contributed by atoms with Gasteiger partial charge in [0.1, 0.15) is 5.82 Å². The Bertz CT molecular complexity index is 1120. The van der Waals surface area contributed by atoms with Crippen LogP contribution in [0.4, 0.5) is 30.7 Å². The molecule has 0 radical (unpaired) electrons. The number of halogens is 7. The van der Waals surface area contributed by atoms with E-state index in [1.54, 1.807) is 6.92 Å². The molecule has 0 saturated carbocycles. The molecule has 3 nitrogen and oxygen atoms in total. The maximum Gasteiger partial charge on any atom is 0.416 e. The summed E-state index contributed by atoms with van der Waals surface area (Å²) in [6.45, 7) is 4.04. The third-order valence-electron chi connectivity index (χ3n) is 6.87. The minimum atomic E-state index is -5.01. The highest BCUT2D eigenvalue weighted by molar-refractivity contribution is 5.79. The molecule has 1 aliphatic rings. The van der Waals surface area contributed by atoms with Crippen LogP contribution < -0.4 is 10.6 Å². The number of rotatable bonds is 6. The minimum absolute atomic E-state index is 0.0869. The molecule has 196 valence electrons. The van der Waals surface area contributed by atoms with Crippen LogP contribution in [-0.4, -0.2) is 26.0 Å². The van der Waals surface area contributed by atoms with Crippen molar-refractivity contribution in [2.24, 2.45) is 0 Å². The molecule has 2 unspecified atom stereocenters. The fourth-order valence-electron chi connectivity index (χ4n) is 5.06. The average Bonchev–Trinajstić information content (AvgIpc) is 2.81. The Labute approximate surface area is 204 Å². The zero-order valence-electron chi connectivity index (χ0n) is 20.0. The van der Waals surface area contributed by atoms with Gasteiger partial charge in [-0.2, -0.15) is 26.3 Å². The molecular formula is C26H27F7N2O. The number of nitrogens with one attached hydrogen (secondary N) is 2. The van der Waals surface area contributed by atoms with Crippen molar-refractivity contribution in [3.8, 4) is 0 Å². The van der Waals surface area contributed by atoms with Crippen LogP contribution in [0.1, 0.15) is 53.5 Å². The van der Waals surface area contributed by atoms with E-state index in [-0.39, 0.29) is 18.1 Å². The first-order chi connectivity index (χ1) is 16.7. The first-order valence-electron chi connectivity index (χ1n) is 11.4. The lowest BCUT2D eigenvalue weighted by Gasteiger charge is -2.44. The van der Waals surface area contributed by atoms with Crippen molar-refractivity contribution in [1.82, 2.24) is 10.6 Å². The maximum atomic E-state index is 14.0. The summed E-state index contributed by atoms with van der Waals surface area (Å²) in [6, 6.07) is 5.39. The molecule has 2 aromatic carbocycles. The van der Waals surface area contributed by atoms with Crippen molar-refractivity contribution >= 4 is 5.91 Å². The summed E-state index contributed by atoms with van der Waals surface area (Å²) in [5.41, 5.74) is -2.80. The molecule has 1 heterocycles. The number of carbonyl (C=O) groups excluding carboxylic acids is 1. The van der Waals surface area contributed by atoms with Crippen molar-refractivity contribution in [1.29, 1.82) is 0 Å². The van der Waals surface area contributed by atoms with E-state index in [4.69, 9.17) is 0 Å². The van der Waals surface area contributed by atoms with Gasteiger partial charge in [-0.1, -0.05) is 24.6 Å². The molecule has 0 bridgehead atoms. The quantitative estimate of drug-likeness (QED) is 0.351. The number of hydrogen-bond acceptors (Lipinski definition) is 2. The molecule has 10 heteroatoms. The van der Waals surface area contributed by atoms with Crippen molar-refractivity contribution < 1.29 is 35.5 Å². The summed E-state index contributed by atoms with van der Waals surface area (Å²) in [7, 11) is 1.40. The van der Waals surface area contributed by atoms with Gasteiger partial charge in [-0.3, -0.25) is 4.79 Å². The van der Waals surface area contributed by atoms with Gasteiger partial charge in [0.2, 0.25) is 5.91 Å². The largest absolute Gasteiger partial charge is 0.416 e. The van der Waals surface area contributed by atoms with Gasteiger partial charge in [-0.25, -0.2) is 4.39 Å². The SMILES string of the molecule is CNC(=O)CC(C1=CCNCC1)(c1ccc(F)cc1C)C(C)c1cc(C(F)(F)F)cc(C(F)(F)F)c1. The van der Waals surface area contributed by atoms with Crippen molar-refractivity contribution in [2.75, 3.05) is 20.1 Å². The van der Waals surface area contributed by atoms with Crippen LogP contribution in [0, 0.1) is 12.7 Å². The van der Waals surface area contributed by atoms with Crippen LogP contribution in [0.2, 0.25) is 0 Å². The number of benzene rings is 2. The summed E-state index contributed by atoms with van der Waals surface area (Å²) in [4.78, 5) is 12.8. The molecule has 0 spiro atoms. The standard InChI is InChI=1S/C26H27F7N2O/c1-15-10-21(27)4-5-22(15)24(14-23(36)34-3,18-6-8-35-9-7-18)16(2)17-11-19(25(28,29)30)13-20(12-17)26(31,32)33/h4-6,10-13,16,35H,7-9,14H2,1-3H3,(H,34,36). The van der Waals surface area contributed by atoms with Crippen LogP contribution in [0.15, 0.2) is 48.0 Å². The van der Waals surface area contributed by atoms with E-state index in [2.05, 4.69) is 10.6 Å². The van der Waals surface area contributed by atoms with Crippen molar-refractivity contribution in [3.05, 3.63) is 81.7 Å². The Balaban J connectivity index is 2.38. The van der Waals surface area contributed by atoms with Gasteiger partial charge >= 0.3 is 12.4 Å². The molecule has 0 aromatic heterocycles. The second kappa shape index (κ2) is 10.2. The zero-order valence-corrected chi connectivity index (χ0v) is 20.0. The maximum absolute atomic E-state index is 14.0. The zero-order chi connectivity index (χ0) is 26.9. The third kappa shape index (κ3) is 5.58. The highest BCUT2D eigenvalue weighted by Gasteiger charge is 2.46. The van der Waals surface area contributed by atoms with Crippen LogP contribution in [0.5, 0.6) is 0 Å². The molecule has 2 aromatic rings. The van der Waals surface area contributed by atoms with Crippen LogP contribution >= 0.6 is 0 Å². The lowest BCUT2D eigenvalue weighted by Crippen LogP contribution is -2.42. The van der Waals surface area contributed by atoms with Gasteiger partial charge in [0.15, 0.2) is 0 Å². The second-order valence-corrected chi connectivity index (χ2v) is 9.02. The highest BCUT2D eigenvalue weighted by atomic mass is 19.4. The molecule has 2 atom stereocenters. The summed E-state index contributed by atoms with van der Waals surface area (Å²) in [5, 5.41) is 5.65. The smallest absolute Gasteiger partial charge is 0.359 e. The monoisotopic (exact) mass is 516 g/mol. The Kier molecular flexibility index (Phi) is 7.88. The average molecular weight is 517 g/mol. The minimum Gasteiger partial charge on any atom is -0.359 e. The van der Waals surface area contributed by atoms with Crippen LogP contribution in [0.3, 0.4) is 0 Å². The number of hydrogen-bond donors (Lipinski definition) is 2. The predicted molar refractivity (Wildman–Crippen MR) is 122 cm³/mol. The molecule has 1 aliphatic heterocycles. The number of alkyl halides is 6. The highest BCUT2D eigenvalue weighted by Crippen LogP contribution is 2.51. The fraction of sp³-hybridized carbons (Fsp3) is 0.423. The van der Waals surface area contributed by atoms with E-state index in [0.717, 1.165) is 0 Å². The van der Waals surface area contributed by atoms with Gasteiger partial charge in [0, 0.05) is 25.4 Å². The molecule has 0 fully saturated rings. The fourth-order valence-corrected chi connectivity index (χ4v) is 5.06. The third-order valence-corrected chi connectivity index (χ3v) is 6.87. The van der Waals surface area contributed by atoms with E-state index in [1.807, 2.05) is 6.08 Å². The molecule has 0 aliphatic carbocycles. The van der Waals surface area contributed by atoms with Crippen LogP contribution in [-0.2, 0) is 22.6 Å². The predicted octanol–water partition coefficient (Wildman–Crippen LogP) is 6.27. The summed E-state index contributed by atoms with van der Waals surface area (Å²) < 4.78 is 96.0. The van der Waals surface area contributed by atoms with Gasteiger partial charge in [0.25, 0.3) is 0 Å². The van der Waals surface area contributed by atoms with Gasteiger partial charge in [-0.05, 0) is 72.8 Å². The number of carbonyl (C=O) groups is 1. The van der Waals surface area contributed by atoms with Gasteiger partial charge in [0.05, 0.1) is 11.1 Å². The topological polar surface area (TPSA) is 41.1 Å². The molecule has 1 amide bonds. The molecule has 36 heavy (non-hydrogen) atoms. The second-order valence-electron chi connectivity index (χ2n) is 9.02. The lowest BCUT2D eigenvalue weighted by molar-refractivity contribution is -0.143.